The van der Waals surface area contributed by atoms with Gasteiger partial charge in [0.05, 0.1) is 0 Å². The van der Waals surface area contributed by atoms with E-state index in [0.29, 0.717) is 0 Å². The highest BCUT2D eigenvalue weighted by atomic mass is 127. The summed E-state index contributed by atoms with van der Waals surface area (Å²) in [5.41, 5.74) is 0. The van der Waals surface area contributed by atoms with Crippen molar-refractivity contribution in [1.29, 1.82) is 0 Å². The molecule has 3 nitrogen and oxygen atoms in total. The van der Waals surface area contributed by atoms with Crippen LogP contribution in [0.3, 0.4) is 0 Å². The first kappa shape index (κ1) is 5.64. The summed E-state index contributed by atoms with van der Waals surface area (Å²) in [4.78, 5) is 0. The summed E-state index contributed by atoms with van der Waals surface area (Å²) < 4.78 is 22.0. The maximum absolute atomic E-state index is 9.18. The number of rotatable bonds is 1. The third-order valence-electron chi connectivity index (χ3n) is 0.0563. The second-order valence-electron chi connectivity index (χ2n) is 0.293. The molecular formula is HIO3S. The summed E-state index contributed by atoms with van der Waals surface area (Å²) in [5.74, 6) is 0. The Morgan fingerprint density at radius 2 is 1.80 bits per heavy atom. The molecule has 0 N–H and O–H groups in total. The Morgan fingerprint density at radius 1 is 1.60 bits per heavy atom. The molecule has 5 heteroatoms. The molecular weight excluding hydrogens is 207 g/mol. The van der Waals surface area contributed by atoms with Crippen LogP contribution in [0.15, 0.2) is 0 Å². The summed E-state index contributed by atoms with van der Waals surface area (Å²) in [6, 6.07) is 0. The van der Waals surface area contributed by atoms with Gasteiger partial charge in [-0.2, -0.15) is 0 Å². The zero-order chi connectivity index (χ0) is 4.28. The molecule has 5 heavy (non-hydrogen) atoms. The van der Waals surface area contributed by atoms with Gasteiger partial charge in [0.1, 0.15) is 23.0 Å². The van der Waals surface area contributed by atoms with E-state index in [1.54, 1.807) is 0 Å². The Kier molecular flexibility index (Phi) is 3.22. The fourth-order valence-electron chi connectivity index (χ4n) is 0. The van der Waals surface area contributed by atoms with Crippen LogP contribution in [0.4, 0.5) is 0 Å². The van der Waals surface area contributed by atoms with Crippen LogP contribution < -0.4 is 0 Å². The molecule has 0 rings (SSSR count). The monoisotopic (exact) mass is 208 g/mol. The number of hydrogen-bond acceptors (Lipinski definition) is 3. The van der Waals surface area contributed by atoms with E-state index >= 15 is 0 Å². The number of hydrogen-bond donors (Lipinski definition) is 1. The zero-order valence-electron chi connectivity index (χ0n) is 2.05. The molecule has 0 spiro atoms. The molecule has 0 heterocycles. The van der Waals surface area contributed by atoms with Crippen LogP contribution in [0.25, 0.3) is 0 Å². The van der Waals surface area contributed by atoms with E-state index in [1.165, 1.54) is 23.0 Å². The van der Waals surface area contributed by atoms with E-state index in [2.05, 4.69) is 2.51 Å². The van der Waals surface area contributed by atoms with Crippen LogP contribution in [0.1, 0.15) is 0 Å². The highest BCUT2D eigenvalue weighted by molar-refractivity contribution is 14.1. The predicted molar refractivity (Wildman–Crippen MR) is 25.4 cm³/mol. The van der Waals surface area contributed by atoms with E-state index in [0.717, 1.165) is 0 Å². The van der Waals surface area contributed by atoms with E-state index < -0.39 is 11.0 Å². The molecule has 0 saturated heterocycles. The van der Waals surface area contributed by atoms with Gasteiger partial charge in [-0.3, -0.25) is 0 Å². The average Bonchev–Trinajstić information content (AvgIpc) is 1.38. The maximum atomic E-state index is 9.18. The van der Waals surface area contributed by atoms with Gasteiger partial charge >= 0.3 is 0 Å². The summed E-state index contributed by atoms with van der Waals surface area (Å²) in [5, 5.41) is 0. The van der Waals surface area contributed by atoms with Gasteiger partial charge in [0.2, 0.25) is 0 Å². The van der Waals surface area contributed by atoms with Gasteiger partial charge in [0.25, 0.3) is 11.0 Å². The van der Waals surface area contributed by atoms with Crippen molar-refractivity contribution in [3.63, 3.8) is 0 Å². The minimum absolute atomic E-state index is 1.28. The van der Waals surface area contributed by atoms with Crippen molar-refractivity contribution in [2.45, 2.75) is 0 Å². The smallest absolute Gasteiger partial charge is 0.202 e. The lowest BCUT2D eigenvalue weighted by Gasteiger charge is -1.62. The molecule has 0 unspecified atom stereocenters. The molecule has 0 saturated carbocycles. The zero-order valence-corrected chi connectivity index (χ0v) is 5.10. The van der Waals surface area contributed by atoms with Gasteiger partial charge in [-0.15, -0.1) is 0 Å². The highest BCUT2D eigenvalue weighted by Gasteiger charge is 1.65. The average molecular weight is 208 g/mol. The van der Waals surface area contributed by atoms with Crippen molar-refractivity contribution in [2.24, 2.45) is 0 Å². The standard InChI is InChI=1S/HIO3S/c1-4-5(2)3/h5H. The molecule has 0 aliphatic heterocycles. The summed E-state index contributed by atoms with van der Waals surface area (Å²) in [7, 11) is -2.61. The quantitative estimate of drug-likeness (QED) is 0.482. The Labute approximate surface area is 45.2 Å². The van der Waals surface area contributed by atoms with Crippen molar-refractivity contribution >= 4 is 34.0 Å². The molecule has 0 bridgehead atoms. The molecule has 0 aliphatic rings. The molecule has 0 aromatic rings. The van der Waals surface area contributed by atoms with Gasteiger partial charge in [-0.25, -0.2) is 10.9 Å². The first-order valence-corrected chi connectivity index (χ1v) is 2.68. The molecule has 0 aromatic heterocycles. The van der Waals surface area contributed by atoms with Crippen molar-refractivity contribution in [3.8, 4) is 0 Å². The summed E-state index contributed by atoms with van der Waals surface area (Å²) in [6.07, 6.45) is 0. The Bertz CT molecular complexity index is 65.0. The third-order valence-corrected chi connectivity index (χ3v) is 1.13. The van der Waals surface area contributed by atoms with Crippen LogP contribution in [0, 0.1) is 0 Å². The third kappa shape index (κ3) is 4.64. The molecule has 0 radical (unpaired) electrons. The Hall–Kier alpha value is 0.640. The molecule has 0 fully saturated rings. The molecule has 0 aliphatic carbocycles. The van der Waals surface area contributed by atoms with E-state index in [-0.39, 0.29) is 0 Å². The second-order valence-corrected chi connectivity index (χ2v) is 2.06. The van der Waals surface area contributed by atoms with Crippen molar-refractivity contribution < 1.29 is 10.9 Å². The van der Waals surface area contributed by atoms with E-state index in [1.807, 2.05) is 0 Å². The van der Waals surface area contributed by atoms with E-state index in [9.17, 15) is 8.42 Å². The lowest BCUT2D eigenvalue weighted by Crippen LogP contribution is -1.63. The second kappa shape index (κ2) is 2.86. The number of halogens is 1. The fourth-order valence-corrected chi connectivity index (χ4v) is 0. The van der Waals surface area contributed by atoms with Crippen LogP contribution in [-0.4, -0.2) is 8.42 Å². The van der Waals surface area contributed by atoms with Gasteiger partial charge in [-0.05, 0) is 0 Å². The van der Waals surface area contributed by atoms with Crippen LogP contribution in [-0.2, 0) is 13.5 Å². The first-order valence-electron chi connectivity index (χ1n) is 0.702. The molecule has 0 aromatic carbocycles. The van der Waals surface area contributed by atoms with Crippen molar-refractivity contribution in [2.75, 3.05) is 0 Å². The maximum Gasteiger partial charge on any atom is 0.266 e. The van der Waals surface area contributed by atoms with Gasteiger partial charge < -0.3 is 0 Å². The van der Waals surface area contributed by atoms with Gasteiger partial charge in [0.15, 0.2) is 0 Å². The minimum atomic E-state index is -2.61. The highest BCUT2D eigenvalue weighted by Crippen LogP contribution is 1.79. The van der Waals surface area contributed by atoms with Gasteiger partial charge in [-0.1, -0.05) is 0 Å². The lowest BCUT2D eigenvalue weighted by atomic mass is 15.9. The van der Waals surface area contributed by atoms with Crippen LogP contribution in [0.2, 0.25) is 0 Å². The van der Waals surface area contributed by atoms with Gasteiger partial charge in [0, 0.05) is 0 Å². The lowest BCUT2D eigenvalue weighted by molar-refractivity contribution is 0.561. The Morgan fingerprint density at radius 3 is 1.80 bits per heavy atom. The van der Waals surface area contributed by atoms with Crippen molar-refractivity contribution in [1.82, 2.24) is 0 Å². The summed E-state index contributed by atoms with van der Waals surface area (Å²) in [6.45, 7) is 0. The topological polar surface area (TPSA) is 43.4 Å². The SMILES string of the molecule is O=[SH](=O)OI. The number of thiol groups is 1. The first-order chi connectivity index (χ1) is 2.27. The Balaban J connectivity index is 3.23. The fraction of sp³-hybridized carbons (Fsp3) is 0. The predicted octanol–water partition coefficient (Wildman–Crippen LogP) is -0.121. The largest absolute Gasteiger partial charge is 0.266 e. The van der Waals surface area contributed by atoms with Crippen molar-refractivity contribution in [3.05, 3.63) is 0 Å². The normalized spacial score (nSPS) is 9.20. The molecule has 32 valence electrons. The molecule has 0 atom stereocenters. The van der Waals surface area contributed by atoms with Crippen LogP contribution in [0.5, 0.6) is 0 Å². The minimum Gasteiger partial charge on any atom is -0.202 e. The van der Waals surface area contributed by atoms with E-state index in [4.69, 9.17) is 0 Å². The molecule has 0 amide bonds. The summed E-state index contributed by atoms with van der Waals surface area (Å²) >= 11 is 1.28. The van der Waals surface area contributed by atoms with Crippen LogP contribution >= 0.6 is 23.0 Å².